The maximum atomic E-state index is 12.1. The van der Waals surface area contributed by atoms with Crippen LogP contribution in [0, 0.1) is 0 Å². The summed E-state index contributed by atoms with van der Waals surface area (Å²) < 4.78 is 4.94. The van der Waals surface area contributed by atoms with Crippen LogP contribution < -0.4 is 0 Å². The van der Waals surface area contributed by atoms with Crippen molar-refractivity contribution in [2.24, 2.45) is 0 Å². The topological polar surface area (TPSA) is 83.9 Å². The van der Waals surface area contributed by atoms with E-state index in [4.69, 9.17) is 4.74 Å². The minimum absolute atomic E-state index is 0.00996. The van der Waals surface area contributed by atoms with E-state index in [2.05, 4.69) is 0 Å². The van der Waals surface area contributed by atoms with Crippen LogP contribution in [-0.2, 0) is 14.3 Å². The summed E-state index contributed by atoms with van der Waals surface area (Å²) in [5, 5.41) is 11.5. The summed E-state index contributed by atoms with van der Waals surface area (Å²) >= 11 is 0. The lowest BCUT2D eigenvalue weighted by molar-refractivity contribution is -0.143. The van der Waals surface area contributed by atoms with Gasteiger partial charge >= 0.3 is 5.97 Å². The van der Waals surface area contributed by atoms with E-state index in [1.54, 1.807) is 18.2 Å². The molecule has 2 amide bonds. The van der Waals surface area contributed by atoms with Crippen molar-refractivity contribution in [1.82, 2.24) is 4.90 Å². The molecule has 2 aromatic rings. The highest BCUT2D eigenvalue weighted by atomic mass is 16.5. The van der Waals surface area contributed by atoms with Gasteiger partial charge in [0.15, 0.2) is 6.61 Å². The fourth-order valence-corrected chi connectivity index (χ4v) is 2.61. The van der Waals surface area contributed by atoms with E-state index in [1.807, 2.05) is 12.1 Å². The van der Waals surface area contributed by atoms with Crippen LogP contribution in [-0.4, -0.2) is 40.9 Å². The lowest BCUT2D eigenvalue weighted by Gasteiger charge is -2.13. The third-order valence-corrected chi connectivity index (χ3v) is 3.82. The van der Waals surface area contributed by atoms with Crippen molar-refractivity contribution in [3.63, 3.8) is 0 Å². The summed E-state index contributed by atoms with van der Waals surface area (Å²) in [4.78, 5) is 36.5. The first kappa shape index (κ1) is 15.0. The van der Waals surface area contributed by atoms with Crippen molar-refractivity contribution in [1.29, 1.82) is 0 Å². The van der Waals surface area contributed by atoms with E-state index >= 15 is 0 Å². The number of benzene rings is 2. The second-order valence-electron chi connectivity index (χ2n) is 5.30. The molecule has 0 radical (unpaired) electrons. The number of ether oxygens (including phenoxy) is 1. The number of hydrogen-bond acceptors (Lipinski definition) is 5. The molecule has 0 saturated carbocycles. The zero-order valence-corrected chi connectivity index (χ0v) is 12.3. The van der Waals surface area contributed by atoms with Crippen molar-refractivity contribution < 1.29 is 24.2 Å². The van der Waals surface area contributed by atoms with Gasteiger partial charge in [-0.2, -0.15) is 0 Å². The maximum Gasteiger partial charge on any atom is 0.342 e. The molecule has 0 bridgehead atoms. The Morgan fingerprint density at radius 1 is 1.17 bits per heavy atom. The lowest BCUT2D eigenvalue weighted by Crippen LogP contribution is -2.35. The van der Waals surface area contributed by atoms with Gasteiger partial charge in [0.1, 0.15) is 11.3 Å². The third-order valence-electron chi connectivity index (χ3n) is 3.82. The molecule has 1 N–H and O–H groups in total. The minimum atomic E-state index is -0.798. The lowest BCUT2D eigenvalue weighted by atomic mass is 10.1. The van der Waals surface area contributed by atoms with E-state index in [-0.39, 0.29) is 17.2 Å². The highest BCUT2D eigenvalue weighted by Gasteiger charge is 2.27. The van der Waals surface area contributed by atoms with Gasteiger partial charge in [0.25, 0.3) is 5.91 Å². The fraction of sp³-hybridized carbons (Fsp3) is 0.235. The quantitative estimate of drug-likeness (QED) is 0.874. The van der Waals surface area contributed by atoms with Gasteiger partial charge < -0.3 is 9.84 Å². The van der Waals surface area contributed by atoms with Gasteiger partial charge in [-0.15, -0.1) is 0 Å². The first-order valence-corrected chi connectivity index (χ1v) is 7.29. The molecule has 6 heteroatoms. The second kappa shape index (κ2) is 6.08. The monoisotopic (exact) mass is 313 g/mol. The minimum Gasteiger partial charge on any atom is -0.506 e. The van der Waals surface area contributed by atoms with Crippen molar-refractivity contribution in [2.75, 3.05) is 13.2 Å². The molecule has 1 aliphatic rings. The molecule has 23 heavy (non-hydrogen) atoms. The van der Waals surface area contributed by atoms with Gasteiger partial charge in [0.2, 0.25) is 5.91 Å². The number of carbonyl (C=O) groups excluding carboxylic acids is 3. The molecule has 1 heterocycles. The molecular weight excluding hydrogens is 298 g/mol. The zero-order valence-electron chi connectivity index (χ0n) is 12.3. The Balaban J connectivity index is 1.72. The van der Waals surface area contributed by atoms with Crippen molar-refractivity contribution >= 4 is 28.6 Å². The highest BCUT2D eigenvalue weighted by Crippen LogP contribution is 2.29. The average Bonchev–Trinajstić information content (AvgIpc) is 2.99. The summed E-state index contributed by atoms with van der Waals surface area (Å²) in [6, 6.07) is 10.2. The first-order valence-electron chi connectivity index (χ1n) is 7.29. The number of phenols is 1. The Kier molecular flexibility index (Phi) is 3.97. The van der Waals surface area contributed by atoms with Gasteiger partial charge in [0.05, 0.1) is 0 Å². The van der Waals surface area contributed by atoms with Crippen LogP contribution >= 0.6 is 0 Å². The summed E-state index contributed by atoms with van der Waals surface area (Å²) in [7, 11) is 0. The summed E-state index contributed by atoms with van der Waals surface area (Å²) in [5.41, 5.74) is -0.00996. The molecule has 0 unspecified atom stereocenters. The van der Waals surface area contributed by atoms with Gasteiger partial charge in [-0.3, -0.25) is 14.5 Å². The summed E-state index contributed by atoms with van der Waals surface area (Å²) in [6.07, 6.45) is 0.967. The molecule has 1 saturated heterocycles. The van der Waals surface area contributed by atoms with E-state index in [0.29, 0.717) is 24.8 Å². The molecule has 118 valence electrons. The Morgan fingerprint density at radius 2 is 1.96 bits per heavy atom. The largest absolute Gasteiger partial charge is 0.506 e. The average molecular weight is 313 g/mol. The summed E-state index contributed by atoms with van der Waals surface area (Å²) in [5.74, 6) is -1.77. The molecule has 2 aromatic carbocycles. The Labute approximate surface area is 132 Å². The van der Waals surface area contributed by atoms with Crippen LogP contribution in [0.5, 0.6) is 5.75 Å². The van der Waals surface area contributed by atoms with E-state index < -0.39 is 18.5 Å². The van der Waals surface area contributed by atoms with Crippen LogP contribution in [0.4, 0.5) is 0 Å². The molecule has 0 spiro atoms. The van der Waals surface area contributed by atoms with Crippen LogP contribution in [0.1, 0.15) is 23.2 Å². The van der Waals surface area contributed by atoms with Crippen molar-refractivity contribution in [3.8, 4) is 5.75 Å². The van der Waals surface area contributed by atoms with Gasteiger partial charge in [-0.1, -0.05) is 30.3 Å². The second-order valence-corrected chi connectivity index (χ2v) is 5.30. The van der Waals surface area contributed by atoms with Crippen LogP contribution in [0.25, 0.3) is 10.8 Å². The van der Waals surface area contributed by atoms with E-state index in [9.17, 15) is 19.5 Å². The molecular formula is C17H15NO5. The third kappa shape index (κ3) is 2.88. The molecule has 3 rings (SSSR count). The van der Waals surface area contributed by atoms with Crippen LogP contribution in [0.15, 0.2) is 36.4 Å². The number of likely N-dealkylation sites (tertiary alicyclic amines) is 1. The number of nitrogens with zero attached hydrogens (tertiary/aromatic N) is 1. The molecule has 0 atom stereocenters. The van der Waals surface area contributed by atoms with E-state index in [1.165, 1.54) is 6.07 Å². The maximum absolute atomic E-state index is 12.1. The van der Waals surface area contributed by atoms with Crippen molar-refractivity contribution in [3.05, 3.63) is 42.0 Å². The van der Waals surface area contributed by atoms with Gasteiger partial charge in [0, 0.05) is 18.4 Å². The molecule has 0 aliphatic carbocycles. The van der Waals surface area contributed by atoms with E-state index in [0.717, 1.165) is 10.3 Å². The number of carbonyl (C=O) groups is 3. The van der Waals surface area contributed by atoms with Gasteiger partial charge in [-0.05, 0) is 17.9 Å². The fourth-order valence-electron chi connectivity index (χ4n) is 2.61. The standard InChI is InChI=1S/C17H15NO5/c19-14-6-3-9-18(14)15(20)10-23-17(22)13-8-7-11-4-1-2-5-12(11)16(13)21/h1-2,4-5,7-8,21H,3,6,9-10H2. The predicted octanol–water partition coefficient (Wildman–Crippen LogP) is 1.85. The Morgan fingerprint density at radius 3 is 2.70 bits per heavy atom. The Hall–Kier alpha value is -2.89. The summed E-state index contributed by atoms with van der Waals surface area (Å²) in [6.45, 7) is -0.159. The smallest absolute Gasteiger partial charge is 0.342 e. The molecule has 0 aromatic heterocycles. The Bertz CT molecular complexity index is 799. The predicted molar refractivity (Wildman–Crippen MR) is 81.8 cm³/mol. The highest BCUT2D eigenvalue weighted by molar-refractivity contribution is 6.02. The van der Waals surface area contributed by atoms with Crippen LogP contribution in [0.3, 0.4) is 0 Å². The molecule has 1 aliphatic heterocycles. The normalized spacial score (nSPS) is 14.3. The number of imide groups is 1. The number of rotatable bonds is 3. The van der Waals surface area contributed by atoms with Crippen LogP contribution in [0.2, 0.25) is 0 Å². The number of hydrogen-bond donors (Lipinski definition) is 1. The first-order chi connectivity index (χ1) is 11.1. The van der Waals surface area contributed by atoms with Crippen molar-refractivity contribution in [2.45, 2.75) is 12.8 Å². The molecule has 1 fully saturated rings. The zero-order chi connectivity index (χ0) is 16.4. The number of amides is 2. The number of aromatic hydroxyl groups is 1. The number of fused-ring (bicyclic) bond motifs is 1. The number of phenolic OH excluding ortho intramolecular Hbond substituents is 1. The SMILES string of the molecule is O=C(OCC(=O)N1CCCC1=O)c1ccc2ccccc2c1O. The van der Waals surface area contributed by atoms with Gasteiger partial charge in [-0.25, -0.2) is 4.79 Å². The molecule has 6 nitrogen and oxygen atoms in total. The number of esters is 1.